The van der Waals surface area contributed by atoms with Crippen LogP contribution in [0.2, 0.25) is 0 Å². The number of cyclic esters (lactones) is 1. The minimum Gasteiger partial charge on any atom is -0.435 e. The molecule has 78 valence electrons. The number of carbonyl (C=O) groups excluding carboxylic acids is 1. The fourth-order valence-corrected chi connectivity index (χ4v) is 2.59. The van der Waals surface area contributed by atoms with Crippen molar-refractivity contribution in [2.24, 2.45) is 11.8 Å². The minimum absolute atomic E-state index is 0.0487. The van der Waals surface area contributed by atoms with Crippen LogP contribution in [0.5, 0.6) is 0 Å². The van der Waals surface area contributed by atoms with Crippen LogP contribution in [0, 0.1) is 11.8 Å². The van der Waals surface area contributed by atoms with E-state index in [4.69, 9.17) is 4.74 Å². The van der Waals surface area contributed by atoms with Gasteiger partial charge in [0.15, 0.2) is 0 Å². The summed E-state index contributed by atoms with van der Waals surface area (Å²) in [6.45, 7) is 0. The van der Waals surface area contributed by atoms with Crippen molar-refractivity contribution < 1.29 is 14.6 Å². The zero-order chi connectivity index (χ0) is 10.4. The van der Waals surface area contributed by atoms with E-state index < -0.39 is 6.29 Å². The van der Waals surface area contributed by atoms with E-state index in [0.29, 0.717) is 6.42 Å². The average Bonchev–Trinajstić information content (AvgIpc) is 2.52. The van der Waals surface area contributed by atoms with Gasteiger partial charge in [0.25, 0.3) is 0 Å². The van der Waals surface area contributed by atoms with E-state index in [1.165, 1.54) is 11.1 Å². The van der Waals surface area contributed by atoms with Crippen LogP contribution in [-0.2, 0) is 22.4 Å². The van der Waals surface area contributed by atoms with Gasteiger partial charge in [-0.3, -0.25) is 4.79 Å². The first-order valence-corrected chi connectivity index (χ1v) is 5.21. The van der Waals surface area contributed by atoms with E-state index in [0.717, 1.165) is 6.42 Å². The summed E-state index contributed by atoms with van der Waals surface area (Å²) in [6.07, 6.45) is 0.542. The first-order chi connectivity index (χ1) is 7.25. The third-order valence-electron chi connectivity index (χ3n) is 3.44. The molecule has 3 rings (SSSR count). The second-order valence-electron chi connectivity index (χ2n) is 4.27. The Morgan fingerprint density at radius 2 is 1.87 bits per heavy atom. The van der Waals surface area contributed by atoms with Crippen molar-refractivity contribution in [3.8, 4) is 0 Å². The Kier molecular flexibility index (Phi) is 1.83. The topological polar surface area (TPSA) is 46.5 Å². The summed E-state index contributed by atoms with van der Waals surface area (Å²) >= 11 is 0. The Hall–Kier alpha value is -1.35. The Bertz CT molecular complexity index is 413. The molecule has 1 aliphatic heterocycles. The van der Waals surface area contributed by atoms with E-state index in [-0.39, 0.29) is 17.8 Å². The quantitative estimate of drug-likeness (QED) is 0.638. The summed E-state index contributed by atoms with van der Waals surface area (Å²) in [5, 5.41) is 9.58. The second kappa shape index (κ2) is 3.07. The molecule has 15 heavy (non-hydrogen) atoms. The summed E-state index contributed by atoms with van der Waals surface area (Å²) in [5.74, 6) is -0.440. The van der Waals surface area contributed by atoms with Crippen molar-refractivity contribution >= 4 is 5.97 Å². The molecule has 2 aliphatic rings. The molecule has 1 aliphatic carbocycles. The van der Waals surface area contributed by atoms with E-state index in [1.807, 2.05) is 18.2 Å². The Balaban J connectivity index is 1.99. The van der Waals surface area contributed by atoms with Gasteiger partial charge in [-0.25, -0.2) is 0 Å². The van der Waals surface area contributed by atoms with E-state index in [2.05, 4.69) is 6.07 Å². The molecule has 0 saturated carbocycles. The molecule has 1 N–H and O–H groups in total. The highest BCUT2D eigenvalue weighted by atomic mass is 16.6. The van der Waals surface area contributed by atoms with E-state index >= 15 is 0 Å². The fourth-order valence-electron chi connectivity index (χ4n) is 2.59. The maximum atomic E-state index is 11.4. The number of esters is 1. The van der Waals surface area contributed by atoms with Gasteiger partial charge in [0.1, 0.15) is 0 Å². The molecule has 0 bridgehead atoms. The maximum Gasteiger partial charge on any atom is 0.312 e. The van der Waals surface area contributed by atoms with Gasteiger partial charge in [-0.15, -0.1) is 0 Å². The first kappa shape index (κ1) is 8.92. The number of benzene rings is 1. The molecule has 3 heteroatoms. The zero-order valence-electron chi connectivity index (χ0n) is 8.22. The van der Waals surface area contributed by atoms with E-state index in [9.17, 15) is 9.90 Å². The smallest absolute Gasteiger partial charge is 0.312 e. The molecule has 3 nitrogen and oxygen atoms in total. The lowest BCUT2D eigenvalue weighted by molar-refractivity contribution is -0.156. The molecule has 0 aromatic heterocycles. The van der Waals surface area contributed by atoms with Crippen LogP contribution in [0.25, 0.3) is 0 Å². The van der Waals surface area contributed by atoms with Gasteiger partial charge in [-0.1, -0.05) is 24.3 Å². The lowest BCUT2D eigenvalue weighted by atomic mass is 9.77. The fraction of sp³-hybridized carbons (Fsp3) is 0.417. The van der Waals surface area contributed by atoms with E-state index in [1.54, 1.807) is 0 Å². The largest absolute Gasteiger partial charge is 0.435 e. The Morgan fingerprint density at radius 1 is 1.20 bits per heavy atom. The number of rotatable bonds is 0. The SMILES string of the molecule is O=C1OC(O)C2Cc3ccccc3C[C@@H]12. The highest BCUT2D eigenvalue weighted by Gasteiger charge is 2.46. The van der Waals surface area contributed by atoms with Gasteiger partial charge < -0.3 is 9.84 Å². The predicted octanol–water partition coefficient (Wildman–Crippen LogP) is 0.893. The van der Waals surface area contributed by atoms with Gasteiger partial charge >= 0.3 is 5.97 Å². The molecule has 0 amide bonds. The molecule has 1 saturated heterocycles. The summed E-state index contributed by atoms with van der Waals surface area (Å²) in [7, 11) is 0. The van der Waals surface area contributed by atoms with Gasteiger partial charge in [-0.05, 0) is 24.0 Å². The molecule has 1 fully saturated rings. The Labute approximate surface area is 87.7 Å². The number of hydrogen-bond acceptors (Lipinski definition) is 3. The maximum absolute atomic E-state index is 11.4. The number of fused-ring (bicyclic) bond motifs is 2. The van der Waals surface area contributed by atoms with Crippen molar-refractivity contribution in [3.05, 3.63) is 35.4 Å². The summed E-state index contributed by atoms with van der Waals surface area (Å²) < 4.78 is 4.86. The normalized spacial score (nSPS) is 33.1. The second-order valence-corrected chi connectivity index (χ2v) is 4.27. The molecule has 1 heterocycles. The molecule has 1 aromatic carbocycles. The van der Waals surface area contributed by atoms with Crippen molar-refractivity contribution in [1.82, 2.24) is 0 Å². The molecule has 0 radical (unpaired) electrons. The molecule has 2 unspecified atom stereocenters. The number of ether oxygens (including phenoxy) is 1. The lowest BCUT2D eigenvalue weighted by Gasteiger charge is -2.25. The van der Waals surface area contributed by atoms with Crippen molar-refractivity contribution in [2.45, 2.75) is 19.1 Å². The van der Waals surface area contributed by atoms with Crippen molar-refractivity contribution in [2.75, 3.05) is 0 Å². The highest BCUT2D eigenvalue weighted by Crippen LogP contribution is 2.37. The molecule has 3 atom stereocenters. The molecular formula is C12H12O3. The standard InChI is InChI=1S/C12H12O3/c13-11-9-5-7-3-1-2-4-8(7)6-10(9)12(14)15-11/h1-4,9-11,13H,5-6H2/t9?,10-,11?/m1/s1. The van der Waals surface area contributed by atoms with Crippen molar-refractivity contribution in [1.29, 1.82) is 0 Å². The van der Waals surface area contributed by atoms with Crippen molar-refractivity contribution in [3.63, 3.8) is 0 Å². The molecule has 0 spiro atoms. The van der Waals surface area contributed by atoms with Gasteiger partial charge in [0.2, 0.25) is 6.29 Å². The van der Waals surface area contributed by atoms with Gasteiger partial charge in [0, 0.05) is 5.92 Å². The third-order valence-corrected chi connectivity index (χ3v) is 3.44. The summed E-state index contributed by atoms with van der Waals surface area (Å²) in [5.41, 5.74) is 2.45. The van der Waals surface area contributed by atoms with Gasteiger partial charge in [-0.2, -0.15) is 0 Å². The number of carbonyl (C=O) groups is 1. The Morgan fingerprint density at radius 3 is 2.60 bits per heavy atom. The van der Waals surface area contributed by atoms with Crippen LogP contribution in [-0.4, -0.2) is 17.4 Å². The predicted molar refractivity (Wildman–Crippen MR) is 52.9 cm³/mol. The van der Waals surface area contributed by atoms with Crippen LogP contribution in [0.15, 0.2) is 24.3 Å². The molecule has 1 aromatic rings. The number of hydrogen-bond donors (Lipinski definition) is 1. The minimum atomic E-state index is -0.907. The van der Waals surface area contributed by atoms with Crippen LogP contribution in [0.1, 0.15) is 11.1 Å². The lowest BCUT2D eigenvalue weighted by Crippen LogP contribution is -2.29. The van der Waals surface area contributed by atoms with Crippen LogP contribution in [0.3, 0.4) is 0 Å². The average molecular weight is 204 g/mol. The summed E-state index contributed by atoms with van der Waals surface area (Å²) in [4.78, 5) is 11.4. The number of aliphatic hydroxyl groups is 1. The third kappa shape index (κ3) is 1.27. The molecular weight excluding hydrogens is 192 g/mol. The first-order valence-electron chi connectivity index (χ1n) is 5.21. The highest BCUT2D eigenvalue weighted by molar-refractivity contribution is 5.76. The van der Waals surface area contributed by atoms with Crippen LogP contribution in [0.4, 0.5) is 0 Å². The monoisotopic (exact) mass is 204 g/mol. The van der Waals surface area contributed by atoms with Gasteiger partial charge in [0.05, 0.1) is 5.92 Å². The van der Waals surface area contributed by atoms with Crippen LogP contribution >= 0.6 is 0 Å². The van der Waals surface area contributed by atoms with Crippen LogP contribution < -0.4 is 0 Å². The zero-order valence-corrected chi connectivity index (χ0v) is 8.22. The summed E-state index contributed by atoms with van der Waals surface area (Å²) in [6, 6.07) is 8.07. The number of aliphatic hydroxyl groups excluding tert-OH is 1.